The van der Waals surface area contributed by atoms with Crippen molar-refractivity contribution in [1.29, 1.82) is 0 Å². The second kappa shape index (κ2) is 4.56. The number of rotatable bonds is 4. The van der Waals surface area contributed by atoms with Crippen molar-refractivity contribution in [3.63, 3.8) is 0 Å². The number of nitrogens with two attached hydrogens (primary N) is 1. The largest absolute Gasteiger partial charge is 0.396 e. The first-order chi connectivity index (χ1) is 5.02. The molecule has 5 heteroatoms. The lowest BCUT2D eigenvalue weighted by Crippen LogP contribution is -2.26. The van der Waals surface area contributed by atoms with Gasteiger partial charge in [-0.3, -0.25) is 0 Å². The Balaban J connectivity index is 3.88. The number of hydrogen-bond donors (Lipinski definition) is 2. The fraction of sp³-hybridized carbons (Fsp3) is 1.00. The van der Waals surface area contributed by atoms with Gasteiger partial charge in [0.2, 0.25) is 0 Å². The van der Waals surface area contributed by atoms with Crippen LogP contribution < -0.4 is 5.73 Å². The summed E-state index contributed by atoms with van der Waals surface area (Å²) >= 11 is 0. The maximum Gasteiger partial charge on any atom is 0.391 e. The topological polar surface area (TPSA) is 46.2 Å². The van der Waals surface area contributed by atoms with Gasteiger partial charge in [0, 0.05) is 6.61 Å². The molecule has 0 aliphatic carbocycles. The fourth-order valence-electron chi connectivity index (χ4n) is 0.829. The van der Waals surface area contributed by atoms with Crippen LogP contribution in [0.4, 0.5) is 13.2 Å². The molecule has 0 heterocycles. The summed E-state index contributed by atoms with van der Waals surface area (Å²) in [4.78, 5) is 0. The Hall–Kier alpha value is -0.290. The van der Waals surface area contributed by atoms with Crippen LogP contribution in [0.3, 0.4) is 0 Å². The first-order valence-electron chi connectivity index (χ1n) is 3.40. The maximum atomic E-state index is 11.9. The van der Waals surface area contributed by atoms with E-state index in [1.807, 2.05) is 0 Å². The number of halogens is 3. The molecule has 0 aromatic carbocycles. The summed E-state index contributed by atoms with van der Waals surface area (Å²) in [6.45, 7) is -0.436. The summed E-state index contributed by atoms with van der Waals surface area (Å²) in [6, 6.07) is 0. The number of aliphatic hydroxyl groups is 1. The van der Waals surface area contributed by atoms with Gasteiger partial charge < -0.3 is 10.8 Å². The average molecular weight is 171 g/mol. The predicted molar refractivity (Wildman–Crippen MR) is 34.9 cm³/mol. The molecule has 0 radical (unpaired) electrons. The molecule has 0 aliphatic rings. The third kappa shape index (κ3) is 4.21. The van der Waals surface area contributed by atoms with E-state index in [0.29, 0.717) is 0 Å². The van der Waals surface area contributed by atoms with Crippen molar-refractivity contribution in [1.82, 2.24) is 0 Å². The molecule has 11 heavy (non-hydrogen) atoms. The summed E-state index contributed by atoms with van der Waals surface area (Å²) in [5.74, 6) is -1.45. The molecule has 0 spiro atoms. The number of aliphatic hydroxyl groups excluding tert-OH is 1. The van der Waals surface area contributed by atoms with E-state index in [9.17, 15) is 13.2 Å². The van der Waals surface area contributed by atoms with Crippen LogP contribution in [0.15, 0.2) is 0 Å². The SMILES string of the molecule is NCC[C@H](CCO)C(F)(F)F. The van der Waals surface area contributed by atoms with E-state index >= 15 is 0 Å². The Labute approximate surface area is 63.2 Å². The standard InChI is InChI=1S/C6H12F3NO/c7-6(8,9)5(1-3-10)2-4-11/h5,11H,1-4,10H2/t5-/m1/s1. The molecule has 0 aliphatic heterocycles. The molecule has 0 aromatic rings. The predicted octanol–water partition coefficient (Wildman–Crippen LogP) is 0.896. The van der Waals surface area contributed by atoms with Gasteiger partial charge >= 0.3 is 6.18 Å². The van der Waals surface area contributed by atoms with Crippen LogP contribution in [0.1, 0.15) is 12.8 Å². The third-order valence-electron chi connectivity index (χ3n) is 1.46. The number of alkyl halides is 3. The molecule has 3 N–H and O–H groups in total. The summed E-state index contributed by atoms with van der Waals surface area (Å²) < 4.78 is 35.8. The summed E-state index contributed by atoms with van der Waals surface area (Å²) in [5, 5.41) is 8.29. The zero-order valence-electron chi connectivity index (χ0n) is 6.06. The molecular formula is C6H12F3NO. The highest BCUT2D eigenvalue weighted by Crippen LogP contribution is 2.30. The zero-order chi connectivity index (χ0) is 8.91. The van der Waals surface area contributed by atoms with Gasteiger partial charge in [-0.25, -0.2) is 0 Å². The molecule has 2 nitrogen and oxygen atoms in total. The third-order valence-corrected chi connectivity index (χ3v) is 1.46. The minimum atomic E-state index is -4.22. The molecule has 0 bridgehead atoms. The van der Waals surface area contributed by atoms with Crippen LogP contribution in [0.2, 0.25) is 0 Å². The van der Waals surface area contributed by atoms with Crippen molar-refractivity contribution in [3.8, 4) is 0 Å². The van der Waals surface area contributed by atoms with E-state index in [4.69, 9.17) is 10.8 Å². The highest BCUT2D eigenvalue weighted by molar-refractivity contribution is 4.67. The molecule has 1 atom stereocenters. The van der Waals surface area contributed by atoms with Gasteiger partial charge in [-0.15, -0.1) is 0 Å². The molecular weight excluding hydrogens is 159 g/mol. The second-order valence-corrected chi connectivity index (χ2v) is 2.33. The van der Waals surface area contributed by atoms with Crippen LogP contribution in [0.25, 0.3) is 0 Å². The van der Waals surface area contributed by atoms with Gasteiger partial charge in [0.15, 0.2) is 0 Å². The van der Waals surface area contributed by atoms with E-state index in [2.05, 4.69) is 0 Å². The van der Waals surface area contributed by atoms with Gasteiger partial charge in [-0.05, 0) is 19.4 Å². The first kappa shape index (κ1) is 10.7. The van der Waals surface area contributed by atoms with Crippen LogP contribution in [-0.2, 0) is 0 Å². The summed E-state index contributed by atoms with van der Waals surface area (Å²) in [7, 11) is 0. The van der Waals surface area contributed by atoms with Gasteiger partial charge in [-0.1, -0.05) is 0 Å². The Kier molecular flexibility index (Phi) is 4.44. The Morgan fingerprint density at radius 3 is 2.09 bits per heavy atom. The quantitative estimate of drug-likeness (QED) is 0.660. The van der Waals surface area contributed by atoms with E-state index < -0.39 is 18.7 Å². The van der Waals surface area contributed by atoms with Crippen LogP contribution in [-0.4, -0.2) is 24.4 Å². The van der Waals surface area contributed by atoms with Gasteiger partial charge in [0.05, 0.1) is 5.92 Å². The number of hydrogen-bond acceptors (Lipinski definition) is 2. The van der Waals surface area contributed by atoms with Crippen molar-refractivity contribution in [2.75, 3.05) is 13.2 Å². The lowest BCUT2D eigenvalue weighted by atomic mass is 10.0. The maximum absolute atomic E-state index is 11.9. The van der Waals surface area contributed by atoms with Gasteiger partial charge in [0.25, 0.3) is 0 Å². The van der Waals surface area contributed by atoms with Crippen molar-refractivity contribution in [2.24, 2.45) is 11.7 Å². The van der Waals surface area contributed by atoms with Crippen LogP contribution in [0, 0.1) is 5.92 Å². The molecule has 0 amide bonds. The monoisotopic (exact) mass is 171 g/mol. The molecule has 0 unspecified atom stereocenters. The van der Waals surface area contributed by atoms with Crippen LogP contribution in [0.5, 0.6) is 0 Å². The molecule has 0 saturated heterocycles. The fourth-order valence-corrected chi connectivity index (χ4v) is 0.829. The van der Waals surface area contributed by atoms with Crippen molar-refractivity contribution in [2.45, 2.75) is 19.0 Å². The van der Waals surface area contributed by atoms with Gasteiger partial charge in [-0.2, -0.15) is 13.2 Å². The van der Waals surface area contributed by atoms with E-state index in [0.717, 1.165) is 0 Å². The molecule has 0 rings (SSSR count). The minimum absolute atomic E-state index is 0.00414. The van der Waals surface area contributed by atoms with E-state index in [1.165, 1.54) is 0 Å². The average Bonchev–Trinajstić information content (AvgIpc) is 1.85. The Morgan fingerprint density at radius 2 is 1.82 bits per heavy atom. The van der Waals surface area contributed by atoms with Crippen molar-refractivity contribution in [3.05, 3.63) is 0 Å². The minimum Gasteiger partial charge on any atom is -0.396 e. The Bertz CT molecular complexity index is 98.5. The van der Waals surface area contributed by atoms with Crippen molar-refractivity contribution >= 4 is 0 Å². The Morgan fingerprint density at radius 1 is 1.27 bits per heavy atom. The normalized spacial score (nSPS) is 15.0. The molecule has 0 aromatic heterocycles. The lowest BCUT2D eigenvalue weighted by molar-refractivity contribution is -0.179. The van der Waals surface area contributed by atoms with Crippen molar-refractivity contribution < 1.29 is 18.3 Å². The molecule has 0 fully saturated rings. The van der Waals surface area contributed by atoms with E-state index in [1.54, 1.807) is 0 Å². The first-order valence-corrected chi connectivity index (χ1v) is 3.40. The second-order valence-electron chi connectivity index (χ2n) is 2.33. The molecule has 0 saturated carbocycles. The van der Waals surface area contributed by atoms with Gasteiger partial charge in [0.1, 0.15) is 0 Å². The zero-order valence-corrected chi connectivity index (χ0v) is 6.06. The highest BCUT2D eigenvalue weighted by Gasteiger charge is 2.37. The van der Waals surface area contributed by atoms with Crippen LogP contribution >= 0.6 is 0 Å². The summed E-state index contributed by atoms with van der Waals surface area (Å²) in [6.07, 6.45) is -4.58. The van der Waals surface area contributed by atoms with E-state index in [-0.39, 0.29) is 19.4 Å². The smallest absolute Gasteiger partial charge is 0.391 e. The summed E-state index contributed by atoms with van der Waals surface area (Å²) in [5.41, 5.74) is 4.97. The molecule has 68 valence electrons. The lowest BCUT2D eigenvalue weighted by Gasteiger charge is -2.17. The highest BCUT2D eigenvalue weighted by atomic mass is 19.4.